The SMILES string of the molecule is COc1ccc(OCCNC(=O)c2csc(NC(=O)Cc3ccccc3)n2)cc1. The average Bonchev–Trinajstić information content (AvgIpc) is 3.20. The van der Waals surface area contributed by atoms with E-state index in [9.17, 15) is 9.59 Å². The van der Waals surface area contributed by atoms with E-state index in [1.165, 1.54) is 11.3 Å². The van der Waals surface area contributed by atoms with Crippen LogP contribution in [0.15, 0.2) is 60.0 Å². The van der Waals surface area contributed by atoms with Crippen LogP contribution in [-0.4, -0.2) is 37.1 Å². The van der Waals surface area contributed by atoms with E-state index in [1.807, 2.05) is 30.3 Å². The molecule has 0 aliphatic rings. The Labute approximate surface area is 172 Å². The van der Waals surface area contributed by atoms with Crippen LogP contribution in [0, 0.1) is 0 Å². The van der Waals surface area contributed by atoms with Gasteiger partial charge in [-0.1, -0.05) is 30.3 Å². The first kappa shape index (κ1) is 20.3. The summed E-state index contributed by atoms with van der Waals surface area (Å²) in [5.41, 5.74) is 1.17. The van der Waals surface area contributed by atoms with E-state index in [2.05, 4.69) is 15.6 Å². The van der Waals surface area contributed by atoms with Gasteiger partial charge in [-0.3, -0.25) is 9.59 Å². The number of thiazole rings is 1. The molecule has 150 valence electrons. The predicted octanol–water partition coefficient (Wildman–Crippen LogP) is 3.14. The van der Waals surface area contributed by atoms with Gasteiger partial charge in [0.05, 0.1) is 20.1 Å². The molecule has 0 fully saturated rings. The van der Waals surface area contributed by atoms with E-state index in [0.29, 0.717) is 24.0 Å². The van der Waals surface area contributed by atoms with Crippen LogP contribution in [0.5, 0.6) is 11.5 Å². The summed E-state index contributed by atoms with van der Waals surface area (Å²) >= 11 is 1.21. The molecule has 29 heavy (non-hydrogen) atoms. The van der Waals surface area contributed by atoms with Gasteiger partial charge in [-0.2, -0.15) is 0 Å². The molecule has 7 nitrogen and oxygen atoms in total. The number of nitrogens with zero attached hydrogens (tertiary/aromatic N) is 1. The van der Waals surface area contributed by atoms with Crippen molar-refractivity contribution in [2.45, 2.75) is 6.42 Å². The van der Waals surface area contributed by atoms with Crippen LogP contribution < -0.4 is 20.1 Å². The molecule has 8 heteroatoms. The van der Waals surface area contributed by atoms with Crippen LogP contribution in [0.25, 0.3) is 0 Å². The summed E-state index contributed by atoms with van der Waals surface area (Å²) < 4.78 is 10.6. The normalized spacial score (nSPS) is 10.2. The van der Waals surface area contributed by atoms with Crippen molar-refractivity contribution in [3.63, 3.8) is 0 Å². The van der Waals surface area contributed by atoms with Gasteiger partial charge in [0.15, 0.2) is 5.13 Å². The Morgan fingerprint density at radius 1 is 1.03 bits per heavy atom. The van der Waals surface area contributed by atoms with Crippen LogP contribution >= 0.6 is 11.3 Å². The van der Waals surface area contributed by atoms with Gasteiger partial charge >= 0.3 is 0 Å². The zero-order chi connectivity index (χ0) is 20.5. The number of hydrogen-bond acceptors (Lipinski definition) is 6. The molecule has 2 N–H and O–H groups in total. The minimum absolute atomic E-state index is 0.176. The van der Waals surface area contributed by atoms with E-state index in [4.69, 9.17) is 9.47 Å². The average molecular weight is 411 g/mol. The minimum Gasteiger partial charge on any atom is -0.497 e. The number of hydrogen-bond donors (Lipinski definition) is 2. The molecule has 3 aromatic rings. The predicted molar refractivity (Wildman–Crippen MR) is 112 cm³/mol. The third-order valence-corrected chi connectivity index (χ3v) is 4.66. The van der Waals surface area contributed by atoms with E-state index in [1.54, 1.807) is 36.8 Å². The van der Waals surface area contributed by atoms with E-state index >= 15 is 0 Å². The van der Waals surface area contributed by atoms with Gasteiger partial charge in [-0.15, -0.1) is 11.3 Å². The lowest BCUT2D eigenvalue weighted by atomic mass is 10.1. The first-order chi connectivity index (χ1) is 14.1. The van der Waals surface area contributed by atoms with E-state index in [0.717, 1.165) is 11.3 Å². The number of aromatic nitrogens is 1. The second-order valence-electron chi connectivity index (χ2n) is 6.03. The molecule has 2 amide bonds. The molecule has 0 unspecified atom stereocenters. The Kier molecular flexibility index (Phi) is 7.18. The molecule has 1 aromatic heterocycles. The highest BCUT2D eigenvalue weighted by molar-refractivity contribution is 7.14. The Hall–Kier alpha value is -3.39. The maximum Gasteiger partial charge on any atom is 0.270 e. The number of nitrogens with one attached hydrogen (secondary N) is 2. The van der Waals surface area contributed by atoms with Crippen molar-refractivity contribution in [3.8, 4) is 11.5 Å². The highest BCUT2D eigenvalue weighted by Crippen LogP contribution is 2.17. The van der Waals surface area contributed by atoms with Crippen molar-refractivity contribution in [3.05, 3.63) is 71.2 Å². The maximum absolute atomic E-state index is 12.2. The fourth-order valence-electron chi connectivity index (χ4n) is 2.48. The molecule has 0 bridgehead atoms. The molecule has 2 aromatic carbocycles. The van der Waals surface area contributed by atoms with Crippen molar-refractivity contribution in [2.24, 2.45) is 0 Å². The van der Waals surface area contributed by atoms with E-state index < -0.39 is 0 Å². The fraction of sp³-hybridized carbons (Fsp3) is 0.190. The Bertz CT molecular complexity index is 942. The van der Waals surface area contributed by atoms with Crippen LogP contribution in [0.3, 0.4) is 0 Å². The monoisotopic (exact) mass is 411 g/mol. The van der Waals surface area contributed by atoms with Crippen molar-refractivity contribution in [1.82, 2.24) is 10.3 Å². The summed E-state index contributed by atoms with van der Waals surface area (Å²) in [4.78, 5) is 28.4. The summed E-state index contributed by atoms with van der Waals surface area (Å²) in [5, 5.41) is 7.46. The fourth-order valence-corrected chi connectivity index (χ4v) is 3.18. The largest absolute Gasteiger partial charge is 0.497 e. The highest BCUT2D eigenvalue weighted by Gasteiger charge is 2.12. The number of amides is 2. The van der Waals surface area contributed by atoms with Gasteiger partial charge in [-0.25, -0.2) is 4.98 Å². The number of rotatable bonds is 9. The molecule has 0 saturated carbocycles. The van der Waals surface area contributed by atoms with Gasteiger partial charge < -0.3 is 20.1 Å². The molecular weight excluding hydrogens is 390 g/mol. The Morgan fingerprint density at radius 3 is 2.48 bits per heavy atom. The number of benzene rings is 2. The second kappa shape index (κ2) is 10.2. The van der Waals surface area contributed by atoms with Crippen molar-refractivity contribution in [2.75, 3.05) is 25.6 Å². The summed E-state index contributed by atoms with van der Waals surface area (Å²) in [5.74, 6) is 0.950. The molecule has 0 atom stereocenters. The first-order valence-corrected chi connectivity index (χ1v) is 9.86. The molecule has 0 radical (unpaired) electrons. The van der Waals surface area contributed by atoms with Gasteiger partial charge in [-0.05, 0) is 29.8 Å². The third-order valence-electron chi connectivity index (χ3n) is 3.91. The summed E-state index contributed by atoms with van der Waals surface area (Å²) in [6, 6.07) is 16.6. The third kappa shape index (κ3) is 6.32. The number of carbonyl (C=O) groups excluding carboxylic acids is 2. The molecule has 3 rings (SSSR count). The van der Waals surface area contributed by atoms with Crippen LogP contribution in [0.2, 0.25) is 0 Å². The van der Waals surface area contributed by atoms with Gasteiger partial charge in [0, 0.05) is 5.38 Å². The van der Waals surface area contributed by atoms with Crippen LogP contribution in [0.4, 0.5) is 5.13 Å². The first-order valence-electron chi connectivity index (χ1n) is 8.98. The number of anilines is 1. The smallest absolute Gasteiger partial charge is 0.270 e. The van der Waals surface area contributed by atoms with Crippen molar-refractivity contribution < 1.29 is 19.1 Å². The topological polar surface area (TPSA) is 89.5 Å². The maximum atomic E-state index is 12.2. The van der Waals surface area contributed by atoms with Crippen LogP contribution in [-0.2, 0) is 11.2 Å². The summed E-state index contributed by atoms with van der Waals surface area (Å²) in [6.45, 7) is 0.654. The van der Waals surface area contributed by atoms with Crippen LogP contribution in [0.1, 0.15) is 16.1 Å². The minimum atomic E-state index is -0.317. The summed E-state index contributed by atoms with van der Waals surface area (Å²) in [6.07, 6.45) is 0.255. The lowest BCUT2D eigenvalue weighted by molar-refractivity contribution is -0.115. The highest BCUT2D eigenvalue weighted by atomic mass is 32.1. The number of methoxy groups -OCH3 is 1. The van der Waals surface area contributed by atoms with Gasteiger partial charge in [0.1, 0.15) is 23.8 Å². The Balaban J connectivity index is 1.41. The molecule has 0 aliphatic heterocycles. The molecule has 0 saturated heterocycles. The Morgan fingerprint density at radius 2 is 1.76 bits per heavy atom. The molecular formula is C21H21N3O4S. The second-order valence-corrected chi connectivity index (χ2v) is 6.89. The standard InChI is InChI=1S/C21H21N3O4S/c1-27-16-7-9-17(10-8-16)28-12-11-22-20(26)18-14-29-21(23-18)24-19(25)13-15-5-3-2-4-6-15/h2-10,14H,11-13H2,1H3,(H,22,26)(H,23,24,25). The number of ether oxygens (including phenoxy) is 2. The van der Waals surface area contributed by atoms with Gasteiger partial charge in [0.2, 0.25) is 5.91 Å². The molecule has 0 aliphatic carbocycles. The van der Waals surface area contributed by atoms with Crippen molar-refractivity contribution >= 4 is 28.3 Å². The lowest BCUT2D eigenvalue weighted by Gasteiger charge is -2.07. The zero-order valence-corrected chi connectivity index (χ0v) is 16.7. The van der Waals surface area contributed by atoms with Crippen molar-refractivity contribution in [1.29, 1.82) is 0 Å². The molecule has 0 spiro atoms. The zero-order valence-electron chi connectivity index (χ0n) is 15.9. The van der Waals surface area contributed by atoms with E-state index in [-0.39, 0.29) is 23.9 Å². The summed E-state index contributed by atoms with van der Waals surface area (Å²) in [7, 11) is 1.60. The molecule has 1 heterocycles. The number of carbonyl (C=O) groups is 2. The van der Waals surface area contributed by atoms with Gasteiger partial charge in [0.25, 0.3) is 5.91 Å². The quantitative estimate of drug-likeness (QED) is 0.528. The lowest BCUT2D eigenvalue weighted by Crippen LogP contribution is -2.28.